The van der Waals surface area contributed by atoms with Gasteiger partial charge in [0.15, 0.2) is 0 Å². The van der Waals surface area contributed by atoms with Crippen molar-refractivity contribution in [3.8, 4) is 0 Å². The van der Waals surface area contributed by atoms with Crippen LogP contribution in [0.15, 0.2) is 22.7 Å². The summed E-state index contributed by atoms with van der Waals surface area (Å²) in [7, 11) is 0. The summed E-state index contributed by atoms with van der Waals surface area (Å²) < 4.78 is 38.3. The number of nitrogens with two attached hydrogens (primary N) is 1. The molecular weight excluding hydrogens is 321 g/mol. The number of hydrogen-bond acceptors (Lipinski definition) is 2. The number of rotatable bonds is 5. The van der Waals surface area contributed by atoms with Crippen molar-refractivity contribution in [3.05, 3.63) is 28.2 Å². The summed E-state index contributed by atoms with van der Waals surface area (Å²) in [5.74, 6) is 0.403. The maximum absolute atomic E-state index is 12.6. The highest BCUT2D eigenvalue weighted by molar-refractivity contribution is 9.10. The van der Waals surface area contributed by atoms with Crippen molar-refractivity contribution in [2.24, 2.45) is 11.7 Å². The van der Waals surface area contributed by atoms with Gasteiger partial charge in [0.2, 0.25) is 0 Å². The van der Waals surface area contributed by atoms with E-state index >= 15 is 0 Å². The fraction of sp³-hybridized carbons (Fsp3) is 0.538. The Balaban J connectivity index is 3.04. The number of hydrogen-bond donors (Lipinski definition) is 1. The summed E-state index contributed by atoms with van der Waals surface area (Å²) in [5, 5.41) is 0. The lowest BCUT2D eigenvalue weighted by Crippen LogP contribution is -2.33. The van der Waals surface area contributed by atoms with Crippen LogP contribution in [0.3, 0.4) is 0 Å². The Morgan fingerprint density at radius 1 is 1.32 bits per heavy atom. The lowest BCUT2D eigenvalue weighted by molar-refractivity contribution is -0.137. The molecule has 1 aromatic rings. The van der Waals surface area contributed by atoms with Gasteiger partial charge < -0.3 is 10.6 Å². The van der Waals surface area contributed by atoms with E-state index in [2.05, 4.69) is 29.8 Å². The molecule has 0 bridgehead atoms. The first kappa shape index (κ1) is 16.3. The third-order valence-corrected chi connectivity index (χ3v) is 3.24. The Morgan fingerprint density at radius 3 is 2.37 bits per heavy atom. The molecular formula is C13H18BrF3N2. The maximum Gasteiger partial charge on any atom is 0.416 e. The van der Waals surface area contributed by atoms with Crippen LogP contribution in [-0.2, 0) is 6.18 Å². The van der Waals surface area contributed by atoms with Crippen molar-refractivity contribution >= 4 is 21.6 Å². The SMILES string of the molecule is CC(C)CN(CCN)c1ccc(C(F)(F)F)cc1Br. The van der Waals surface area contributed by atoms with Crippen molar-refractivity contribution in [2.45, 2.75) is 20.0 Å². The van der Waals surface area contributed by atoms with Gasteiger partial charge in [-0.2, -0.15) is 13.2 Å². The van der Waals surface area contributed by atoms with Crippen molar-refractivity contribution in [1.82, 2.24) is 0 Å². The third-order valence-electron chi connectivity index (χ3n) is 2.60. The molecule has 0 unspecified atom stereocenters. The van der Waals surface area contributed by atoms with Crippen LogP contribution >= 0.6 is 15.9 Å². The van der Waals surface area contributed by atoms with Crippen molar-refractivity contribution in [3.63, 3.8) is 0 Å². The molecule has 0 atom stereocenters. The second kappa shape index (κ2) is 6.61. The topological polar surface area (TPSA) is 29.3 Å². The Labute approximate surface area is 119 Å². The summed E-state index contributed by atoms with van der Waals surface area (Å²) in [4.78, 5) is 1.99. The minimum Gasteiger partial charge on any atom is -0.369 e. The summed E-state index contributed by atoms with van der Waals surface area (Å²) in [5.41, 5.74) is 5.65. The summed E-state index contributed by atoms with van der Waals surface area (Å²) in [6.07, 6.45) is -4.32. The van der Waals surface area contributed by atoms with Crippen molar-refractivity contribution < 1.29 is 13.2 Å². The molecule has 19 heavy (non-hydrogen) atoms. The molecule has 108 valence electrons. The van der Waals surface area contributed by atoms with E-state index in [1.165, 1.54) is 6.07 Å². The molecule has 1 rings (SSSR count). The molecule has 0 aliphatic heterocycles. The van der Waals surface area contributed by atoms with Crippen LogP contribution in [0.25, 0.3) is 0 Å². The average Bonchev–Trinajstić information content (AvgIpc) is 2.26. The molecule has 1 aromatic carbocycles. The van der Waals surface area contributed by atoms with Gasteiger partial charge in [-0.25, -0.2) is 0 Å². The van der Waals surface area contributed by atoms with Gasteiger partial charge in [-0.1, -0.05) is 13.8 Å². The first-order valence-electron chi connectivity index (χ1n) is 6.07. The van der Waals surface area contributed by atoms with Crippen LogP contribution in [-0.4, -0.2) is 19.6 Å². The Morgan fingerprint density at radius 2 is 1.95 bits per heavy atom. The highest BCUT2D eigenvalue weighted by Gasteiger charge is 2.31. The van der Waals surface area contributed by atoms with E-state index in [1.54, 1.807) is 0 Å². The van der Waals surface area contributed by atoms with Gasteiger partial charge in [0.25, 0.3) is 0 Å². The average molecular weight is 339 g/mol. The summed E-state index contributed by atoms with van der Waals surface area (Å²) in [6, 6.07) is 3.70. The molecule has 0 heterocycles. The van der Waals surface area contributed by atoms with Crippen LogP contribution < -0.4 is 10.6 Å². The molecule has 0 fully saturated rings. The van der Waals surface area contributed by atoms with Gasteiger partial charge in [0.05, 0.1) is 11.3 Å². The predicted octanol–water partition coefficient (Wildman–Crippen LogP) is 3.89. The van der Waals surface area contributed by atoms with Crippen LogP contribution in [0.5, 0.6) is 0 Å². The second-order valence-electron chi connectivity index (χ2n) is 4.79. The normalized spacial score (nSPS) is 12.0. The second-order valence-corrected chi connectivity index (χ2v) is 5.65. The fourth-order valence-corrected chi connectivity index (χ4v) is 2.48. The number of benzene rings is 1. The monoisotopic (exact) mass is 338 g/mol. The molecule has 0 aliphatic carbocycles. The molecule has 2 nitrogen and oxygen atoms in total. The number of alkyl halides is 3. The summed E-state index contributed by atoms with van der Waals surface area (Å²) >= 11 is 3.22. The molecule has 6 heteroatoms. The first-order chi connectivity index (χ1) is 8.75. The zero-order chi connectivity index (χ0) is 14.6. The van der Waals surface area contributed by atoms with E-state index in [9.17, 15) is 13.2 Å². The van der Waals surface area contributed by atoms with Crippen molar-refractivity contribution in [1.29, 1.82) is 0 Å². The number of halogens is 4. The lowest BCUT2D eigenvalue weighted by Gasteiger charge is -2.27. The zero-order valence-electron chi connectivity index (χ0n) is 11.0. The van der Waals surface area contributed by atoms with E-state index in [0.717, 1.165) is 24.4 Å². The molecule has 0 radical (unpaired) electrons. The quantitative estimate of drug-likeness (QED) is 0.882. The van der Waals surface area contributed by atoms with Gasteiger partial charge in [0, 0.05) is 24.1 Å². The zero-order valence-corrected chi connectivity index (χ0v) is 12.6. The highest BCUT2D eigenvalue weighted by Crippen LogP contribution is 2.35. The fourth-order valence-electron chi connectivity index (χ4n) is 1.85. The Kier molecular flexibility index (Phi) is 5.67. The van der Waals surface area contributed by atoms with Crippen LogP contribution in [0.1, 0.15) is 19.4 Å². The number of nitrogens with zero attached hydrogens (tertiary/aromatic N) is 1. The van der Waals surface area contributed by atoms with Gasteiger partial charge in [-0.3, -0.25) is 0 Å². The van der Waals surface area contributed by atoms with E-state index in [-0.39, 0.29) is 0 Å². The molecule has 0 aliphatic rings. The van der Waals surface area contributed by atoms with E-state index in [4.69, 9.17) is 5.73 Å². The Hall–Kier alpha value is -0.750. The van der Waals surface area contributed by atoms with E-state index in [1.807, 2.05) is 4.90 Å². The molecule has 0 amide bonds. The van der Waals surface area contributed by atoms with Crippen LogP contribution in [0.4, 0.5) is 18.9 Å². The largest absolute Gasteiger partial charge is 0.416 e. The van der Waals surface area contributed by atoms with E-state index < -0.39 is 11.7 Å². The standard InChI is InChI=1S/C13H18BrF3N2/c1-9(2)8-19(6-5-18)12-4-3-10(7-11(12)14)13(15,16)17/h3-4,7,9H,5-6,8,18H2,1-2H3. The molecule has 0 spiro atoms. The minimum atomic E-state index is -4.32. The predicted molar refractivity (Wildman–Crippen MR) is 75.2 cm³/mol. The summed E-state index contributed by atoms with van der Waals surface area (Å²) in [6.45, 7) is 5.94. The smallest absolute Gasteiger partial charge is 0.369 e. The lowest BCUT2D eigenvalue weighted by atomic mass is 10.1. The minimum absolute atomic E-state index is 0.403. The molecule has 2 N–H and O–H groups in total. The van der Waals surface area contributed by atoms with Crippen molar-refractivity contribution in [2.75, 3.05) is 24.5 Å². The van der Waals surface area contributed by atoms with Crippen LogP contribution in [0.2, 0.25) is 0 Å². The van der Waals surface area contributed by atoms with Crippen LogP contribution in [0, 0.1) is 5.92 Å². The Bertz CT molecular complexity index is 419. The molecule has 0 aromatic heterocycles. The molecule has 0 saturated carbocycles. The van der Waals surface area contributed by atoms with Gasteiger partial charge >= 0.3 is 6.18 Å². The third kappa shape index (κ3) is 4.69. The van der Waals surface area contributed by atoms with E-state index in [0.29, 0.717) is 23.5 Å². The highest BCUT2D eigenvalue weighted by atomic mass is 79.9. The number of anilines is 1. The molecule has 0 saturated heterocycles. The van der Waals surface area contributed by atoms with Gasteiger partial charge in [-0.15, -0.1) is 0 Å². The first-order valence-corrected chi connectivity index (χ1v) is 6.86. The maximum atomic E-state index is 12.6. The van der Waals surface area contributed by atoms with Gasteiger partial charge in [0.1, 0.15) is 0 Å². The van der Waals surface area contributed by atoms with Gasteiger partial charge in [-0.05, 0) is 40.0 Å².